The molecule has 1 aromatic carbocycles. The molecule has 148 valence electrons. The zero-order chi connectivity index (χ0) is 19.8. The van der Waals surface area contributed by atoms with Gasteiger partial charge >= 0.3 is 0 Å². The third-order valence-electron chi connectivity index (χ3n) is 6.06. The summed E-state index contributed by atoms with van der Waals surface area (Å²) in [5.74, 6) is 0.796. The first-order chi connectivity index (χ1) is 13.5. The predicted molar refractivity (Wildman–Crippen MR) is 108 cm³/mol. The van der Waals surface area contributed by atoms with Crippen molar-refractivity contribution in [2.45, 2.75) is 13.0 Å². The van der Waals surface area contributed by atoms with Gasteiger partial charge in [0.1, 0.15) is 5.69 Å². The molecule has 2 amide bonds. The van der Waals surface area contributed by atoms with E-state index < -0.39 is 0 Å². The number of likely N-dealkylation sites (tertiary alicyclic amines) is 2. The highest BCUT2D eigenvalue weighted by molar-refractivity contribution is 5.92. The van der Waals surface area contributed by atoms with Crippen molar-refractivity contribution in [2.24, 2.45) is 11.8 Å². The van der Waals surface area contributed by atoms with Crippen LogP contribution < -0.4 is 0 Å². The highest BCUT2D eigenvalue weighted by Gasteiger charge is 2.50. The van der Waals surface area contributed by atoms with Crippen LogP contribution in [0.4, 0.5) is 0 Å². The minimum absolute atomic E-state index is 0.0279. The second kappa shape index (κ2) is 7.43. The van der Waals surface area contributed by atoms with Gasteiger partial charge in [0.05, 0.1) is 12.6 Å². The van der Waals surface area contributed by atoms with E-state index in [1.54, 1.807) is 6.20 Å². The predicted octanol–water partition coefficient (Wildman–Crippen LogP) is 2.16. The van der Waals surface area contributed by atoms with Gasteiger partial charge in [-0.15, -0.1) is 0 Å². The SMILES string of the molecule is Cc1ccccc1[C@H]1[C@@H]2CN(C(=O)c3ccc[nH]3)C[C@@H]2CN1C(=O)CN(C)C. The average molecular weight is 380 g/mol. The summed E-state index contributed by atoms with van der Waals surface area (Å²) >= 11 is 0. The van der Waals surface area contributed by atoms with Crippen LogP contribution in [0.1, 0.15) is 27.7 Å². The summed E-state index contributed by atoms with van der Waals surface area (Å²) < 4.78 is 0. The van der Waals surface area contributed by atoms with E-state index in [0.29, 0.717) is 37.8 Å². The van der Waals surface area contributed by atoms with Crippen LogP contribution in [0.15, 0.2) is 42.6 Å². The fraction of sp³-hybridized carbons (Fsp3) is 0.455. The highest BCUT2D eigenvalue weighted by atomic mass is 16.2. The Bertz CT molecular complexity index is 861. The van der Waals surface area contributed by atoms with Crippen molar-refractivity contribution in [2.75, 3.05) is 40.3 Å². The van der Waals surface area contributed by atoms with Crippen molar-refractivity contribution in [1.82, 2.24) is 19.7 Å². The molecular weight excluding hydrogens is 352 g/mol. The molecule has 2 aliphatic heterocycles. The second-order valence-electron chi connectivity index (χ2n) is 8.30. The van der Waals surface area contributed by atoms with E-state index >= 15 is 0 Å². The lowest BCUT2D eigenvalue weighted by Gasteiger charge is -2.31. The van der Waals surface area contributed by atoms with E-state index in [0.717, 1.165) is 0 Å². The van der Waals surface area contributed by atoms with Gasteiger partial charge in [-0.1, -0.05) is 24.3 Å². The fourth-order valence-corrected chi connectivity index (χ4v) is 4.78. The third kappa shape index (κ3) is 3.33. The van der Waals surface area contributed by atoms with Crippen LogP contribution in [0.3, 0.4) is 0 Å². The van der Waals surface area contributed by atoms with Crippen LogP contribution in [0.25, 0.3) is 0 Å². The maximum Gasteiger partial charge on any atom is 0.270 e. The summed E-state index contributed by atoms with van der Waals surface area (Å²) in [5.41, 5.74) is 3.04. The van der Waals surface area contributed by atoms with Gasteiger partial charge in [0, 0.05) is 37.7 Å². The molecule has 1 aromatic heterocycles. The number of aromatic amines is 1. The van der Waals surface area contributed by atoms with Gasteiger partial charge in [-0.3, -0.25) is 9.59 Å². The number of likely N-dealkylation sites (N-methyl/N-ethyl adjacent to an activating group) is 1. The number of amides is 2. The summed E-state index contributed by atoms with van der Waals surface area (Å²) in [6.45, 7) is 4.62. The number of carbonyl (C=O) groups is 2. The molecule has 2 saturated heterocycles. The molecule has 1 N–H and O–H groups in total. The van der Waals surface area contributed by atoms with Crippen molar-refractivity contribution < 1.29 is 9.59 Å². The molecule has 2 aromatic rings. The molecule has 0 radical (unpaired) electrons. The number of aryl methyl sites for hydroxylation is 1. The van der Waals surface area contributed by atoms with Crippen LogP contribution in [0.5, 0.6) is 0 Å². The molecule has 0 bridgehead atoms. The van der Waals surface area contributed by atoms with Gasteiger partial charge < -0.3 is 19.7 Å². The Hall–Kier alpha value is -2.60. The Balaban J connectivity index is 1.62. The van der Waals surface area contributed by atoms with Crippen molar-refractivity contribution in [3.8, 4) is 0 Å². The zero-order valence-electron chi connectivity index (χ0n) is 16.8. The molecule has 28 heavy (non-hydrogen) atoms. The number of fused-ring (bicyclic) bond motifs is 1. The van der Waals surface area contributed by atoms with Crippen molar-refractivity contribution >= 4 is 11.8 Å². The first kappa shape index (κ1) is 18.7. The summed E-state index contributed by atoms with van der Waals surface area (Å²) in [5, 5.41) is 0. The molecule has 3 atom stereocenters. The number of nitrogens with zero attached hydrogens (tertiary/aromatic N) is 3. The monoisotopic (exact) mass is 380 g/mol. The molecule has 2 aliphatic rings. The molecule has 0 aliphatic carbocycles. The van der Waals surface area contributed by atoms with Gasteiger partial charge in [0.25, 0.3) is 5.91 Å². The van der Waals surface area contributed by atoms with Gasteiger partial charge in [-0.25, -0.2) is 0 Å². The van der Waals surface area contributed by atoms with Crippen molar-refractivity contribution in [1.29, 1.82) is 0 Å². The Morgan fingerprint density at radius 3 is 2.57 bits per heavy atom. The normalized spacial score (nSPS) is 24.1. The Labute approximate surface area is 166 Å². The van der Waals surface area contributed by atoms with Crippen LogP contribution in [0.2, 0.25) is 0 Å². The van der Waals surface area contributed by atoms with Crippen LogP contribution >= 0.6 is 0 Å². The van der Waals surface area contributed by atoms with E-state index in [1.807, 2.05) is 53.1 Å². The van der Waals surface area contributed by atoms with Crippen LogP contribution in [-0.2, 0) is 4.79 Å². The van der Waals surface area contributed by atoms with E-state index in [9.17, 15) is 9.59 Å². The summed E-state index contributed by atoms with van der Waals surface area (Å²) in [6.07, 6.45) is 1.78. The topological polar surface area (TPSA) is 59.7 Å². The summed E-state index contributed by atoms with van der Waals surface area (Å²) in [4.78, 5) is 34.7. The maximum absolute atomic E-state index is 13.0. The quantitative estimate of drug-likeness (QED) is 0.884. The minimum Gasteiger partial charge on any atom is -0.357 e. The molecule has 3 heterocycles. The Morgan fingerprint density at radius 1 is 1.11 bits per heavy atom. The number of nitrogens with one attached hydrogen (secondary N) is 1. The lowest BCUT2D eigenvalue weighted by atomic mass is 9.87. The number of aromatic nitrogens is 1. The van der Waals surface area contributed by atoms with E-state index in [-0.39, 0.29) is 23.8 Å². The maximum atomic E-state index is 13.0. The van der Waals surface area contributed by atoms with Gasteiger partial charge in [0.15, 0.2) is 0 Å². The molecule has 4 rings (SSSR count). The number of hydrogen-bond donors (Lipinski definition) is 1. The molecule has 6 nitrogen and oxygen atoms in total. The largest absolute Gasteiger partial charge is 0.357 e. The Kier molecular flexibility index (Phi) is 4.98. The fourth-order valence-electron chi connectivity index (χ4n) is 4.78. The summed E-state index contributed by atoms with van der Waals surface area (Å²) in [6, 6.07) is 12.0. The summed E-state index contributed by atoms with van der Waals surface area (Å²) in [7, 11) is 3.85. The van der Waals surface area contributed by atoms with Crippen molar-refractivity contribution in [3.63, 3.8) is 0 Å². The molecule has 2 fully saturated rings. The van der Waals surface area contributed by atoms with E-state index in [1.165, 1.54) is 11.1 Å². The average Bonchev–Trinajstić information content (AvgIpc) is 3.37. The number of benzene rings is 1. The zero-order valence-corrected chi connectivity index (χ0v) is 16.8. The van der Waals surface area contributed by atoms with Crippen molar-refractivity contribution in [3.05, 3.63) is 59.4 Å². The number of rotatable bonds is 4. The standard InChI is InChI=1S/C22H28N4O2/c1-15-7-4-5-8-17(15)21-18-13-25(22(28)19-9-6-10-23-19)11-16(18)12-26(21)20(27)14-24(2)3/h4-10,16,18,21,23H,11-14H2,1-3H3/t16-,18-,21+/m1/s1. The highest BCUT2D eigenvalue weighted by Crippen LogP contribution is 2.46. The van der Waals surface area contributed by atoms with E-state index in [2.05, 4.69) is 24.0 Å². The van der Waals surface area contributed by atoms with E-state index in [4.69, 9.17) is 0 Å². The number of carbonyl (C=O) groups excluding carboxylic acids is 2. The van der Waals surface area contributed by atoms with Gasteiger partial charge in [0.2, 0.25) is 5.91 Å². The second-order valence-corrected chi connectivity index (χ2v) is 8.30. The smallest absolute Gasteiger partial charge is 0.270 e. The molecule has 0 unspecified atom stereocenters. The Morgan fingerprint density at radius 2 is 1.89 bits per heavy atom. The van der Waals surface area contributed by atoms with Crippen LogP contribution in [-0.4, -0.2) is 71.8 Å². The number of H-pyrrole nitrogens is 1. The minimum atomic E-state index is 0.0279. The molecular formula is C22H28N4O2. The van der Waals surface area contributed by atoms with Gasteiger partial charge in [-0.2, -0.15) is 0 Å². The first-order valence-electron chi connectivity index (χ1n) is 9.88. The molecule has 0 saturated carbocycles. The first-order valence-corrected chi connectivity index (χ1v) is 9.88. The van der Waals surface area contributed by atoms with Gasteiger partial charge in [-0.05, 0) is 44.3 Å². The number of hydrogen-bond acceptors (Lipinski definition) is 3. The molecule has 6 heteroatoms. The lowest BCUT2D eigenvalue weighted by molar-refractivity contribution is -0.133. The molecule has 0 spiro atoms. The lowest BCUT2D eigenvalue weighted by Crippen LogP contribution is -2.41. The third-order valence-corrected chi connectivity index (χ3v) is 6.06. The van der Waals surface area contributed by atoms with Crippen LogP contribution in [0, 0.1) is 18.8 Å².